The number of aliphatic imine (C=N–C) groups is 1. The lowest BCUT2D eigenvalue weighted by Crippen LogP contribution is -2.12. The van der Waals surface area contributed by atoms with Crippen LogP contribution in [0.4, 0.5) is 0 Å². The Morgan fingerprint density at radius 1 is 0.531 bits per heavy atom. The summed E-state index contributed by atoms with van der Waals surface area (Å²) in [6, 6.07) is 61.7. The van der Waals surface area contributed by atoms with Crippen LogP contribution in [0.25, 0.3) is 33.2 Å². The lowest BCUT2D eigenvalue weighted by molar-refractivity contribution is 0.740. The summed E-state index contributed by atoms with van der Waals surface area (Å²) in [6.07, 6.45) is 2.15. The van der Waals surface area contributed by atoms with E-state index < -0.39 is 0 Å². The quantitative estimate of drug-likeness (QED) is 0.0961. The number of hydrogen-bond acceptors (Lipinski definition) is 1. The van der Waals surface area contributed by atoms with E-state index in [1.807, 2.05) is 31.2 Å². The predicted octanol–water partition coefficient (Wildman–Crippen LogP) is 18.5. The van der Waals surface area contributed by atoms with E-state index in [-0.39, 0.29) is 0 Å². The zero-order valence-corrected chi connectivity index (χ0v) is 41.0. The van der Waals surface area contributed by atoms with Crippen molar-refractivity contribution in [3.63, 3.8) is 0 Å². The molecule has 1 atom stereocenters. The van der Waals surface area contributed by atoms with Gasteiger partial charge in [-0.2, -0.15) is 0 Å². The number of aryl methyl sites for hydroxylation is 3. The van der Waals surface area contributed by atoms with E-state index in [4.69, 9.17) is 4.99 Å². The van der Waals surface area contributed by atoms with Crippen LogP contribution in [0.15, 0.2) is 193 Å². The molecule has 1 nitrogen and oxygen atoms in total. The van der Waals surface area contributed by atoms with Crippen LogP contribution < -0.4 is 0 Å². The Hall–Kier alpha value is -6.31. The van der Waals surface area contributed by atoms with Crippen LogP contribution >= 0.6 is 0 Å². The van der Waals surface area contributed by atoms with Crippen molar-refractivity contribution in [2.24, 2.45) is 10.9 Å². The van der Waals surface area contributed by atoms with Crippen molar-refractivity contribution in [2.75, 3.05) is 0 Å². The molecule has 0 aliphatic heterocycles. The van der Waals surface area contributed by atoms with Gasteiger partial charge in [0, 0.05) is 5.56 Å². The zero-order valence-electron chi connectivity index (χ0n) is 41.0. The summed E-state index contributed by atoms with van der Waals surface area (Å²) in [6.45, 7) is 30.1. The summed E-state index contributed by atoms with van der Waals surface area (Å²) >= 11 is 0. The zero-order chi connectivity index (χ0) is 46.6. The van der Waals surface area contributed by atoms with Crippen molar-refractivity contribution in [3.05, 3.63) is 238 Å². The standard InChI is InChI=1S/C23H24.C21H25N.C12H16.C7H8/c1-5-19-10-6-8-12-21(19)17(3)18(4)23-16(2)14-15-20-11-7-9-13-22(20)23;1-5-17(4)21(19-14-10-7-11-15-19)22-20(16(2)3)18-12-8-6-9-13-18;1-9(2)11-5-7-12(8-6-11)10(3)4;1-7-5-3-2-4-6-7/h6-15H,5H2,1-4H3;6-15,17H,5H2,1-4H3;5-8,10H,1H2,2-4H3;2-6H,1H3/b18-17+;;;. The number of rotatable bonds is 10. The largest absolute Gasteiger partial charge is 0.252 e. The third-order valence-electron chi connectivity index (χ3n) is 11.8. The van der Waals surface area contributed by atoms with E-state index >= 15 is 0 Å². The Morgan fingerprint density at radius 3 is 1.58 bits per heavy atom. The predicted molar refractivity (Wildman–Crippen MR) is 286 cm³/mol. The maximum atomic E-state index is 5.08. The molecule has 0 fully saturated rings. The molecule has 1 unspecified atom stereocenters. The molecule has 7 rings (SSSR count). The van der Waals surface area contributed by atoms with Gasteiger partial charge in [0.05, 0.1) is 11.4 Å². The Kier molecular flexibility index (Phi) is 20.2. The van der Waals surface area contributed by atoms with Crippen molar-refractivity contribution >= 4 is 38.9 Å². The van der Waals surface area contributed by atoms with E-state index in [2.05, 4.69) is 234 Å². The van der Waals surface area contributed by atoms with Crippen LogP contribution in [0.3, 0.4) is 0 Å². The Labute approximate surface area is 388 Å². The number of benzene rings is 7. The van der Waals surface area contributed by atoms with Gasteiger partial charge in [-0.15, -0.1) is 0 Å². The lowest BCUT2D eigenvalue weighted by atomic mass is 9.88. The molecule has 64 heavy (non-hydrogen) atoms. The molecule has 1 heteroatoms. The number of nitrogens with zero attached hydrogens (tertiary/aromatic N) is 1. The molecule has 0 heterocycles. The van der Waals surface area contributed by atoms with Crippen LogP contribution in [0, 0.1) is 19.8 Å². The summed E-state index contributed by atoms with van der Waals surface area (Å²) in [5, 5.41) is 2.65. The molecule has 0 amide bonds. The third-order valence-corrected chi connectivity index (χ3v) is 11.8. The van der Waals surface area contributed by atoms with E-state index in [0.29, 0.717) is 11.8 Å². The van der Waals surface area contributed by atoms with Crippen LogP contribution in [0.2, 0.25) is 0 Å². The van der Waals surface area contributed by atoms with Gasteiger partial charge < -0.3 is 0 Å². The van der Waals surface area contributed by atoms with Crippen molar-refractivity contribution in [2.45, 2.75) is 102 Å². The summed E-state index contributed by atoms with van der Waals surface area (Å²) in [7, 11) is 0. The summed E-state index contributed by atoms with van der Waals surface area (Å²) in [5.41, 5.74) is 19.2. The topological polar surface area (TPSA) is 12.4 Å². The van der Waals surface area contributed by atoms with Crippen LogP contribution in [0.1, 0.15) is 132 Å². The maximum Gasteiger partial charge on any atom is 0.0692 e. The highest BCUT2D eigenvalue weighted by Gasteiger charge is 2.14. The molecule has 0 bridgehead atoms. The molecule has 0 spiro atoms. The number of hydrogen-bond donors (Lipinski definition) is 0. The van der Waals surface area contributed by atoms with Crippen LogP contribution in [-0.4, -0.2) is 5.71 Å². The highest BCUT2D eigenvalue weighted by Crippen LogP contribution is 2.34. The third kappa shape index (κ3) is 14.6. The van der Waals surface area contributed by atoms with Gasteiger partial charge in [0.25, 0.3) is 0 Å². The molecule has 0 saturated carbocycles. The summed E-state index contributed by atoms with van der Waals surface area (Å²) in [4.78, 5) is 5.08. The highest BCUT2D eigenvalue weighted by molar-refractivity contribution is 6.05. The minimum atomic E-state index is 0.431. The van der Waals surface area contributed by atoms with E-state index in [9.17, 15) is 0 Å². The van der Waals surface area contributed by atoms with Gasteiger partial charge in [-0.1, -0.05) is 234 Å². The fraction of sp³-hybridized carbons (Fsp3) is 0.254. The minimum absolute atomic E-state index is 0.431. The molecule has 0 aromatic heterocycles. The molecule has 0 radical (unpaired) electrons. The lowest BCUT2D eigenvalue weighted by Gasteiger charge is -2.16. The molecule has 7 aromatic carbocycles. The molecular formula is C63H73N. The molecule has 0 aliphatic rings. The fourth-order valence-electron chi connectivity index (χ4n) is 7.59. The second kappa shape index (κ2) is 25.7. The average Bonchev–Trinajstić information content (AvgIpc) is 3.32. The fourth-order valence-corrected chi connectivity index (χ4v) is 7.59. The molecule has 330 valence electrons. The Morgan fingerprint density at radius 2 is 1.06 bits per heavy atom. The molecule has 0 N–H and O–H groups in total. The second-order valence-electron chi connectivity index (χ2n) is 17.3. The van der Waals surface area contributed by atoms with E-state index in [1.165, 1.54) is 83.3 Å². The second-order valence-corrected chi connectivity index (χ2v) is 17.3. The maximum absolute atomic E-state index is 5.08. The smallest absolute Gasteiger partial charge is 0.0692 e. The van der Waals surface area contributed by atoms with Gasteiger partial charge >= 0.3 is 0 Å². The summed E-state index contributed by atoms with van der Waals surface area (Å²) in [5.74, 6) is 1.05. The van der Waals surface area contributed by atoms with E-state index in [1.54, 1.807) is 0 Å². The minimum Gasteiger partial charge on any atom is -0.252 e. The first-order valence-corrected chi connectivity index (χ1v) is 23.2. The van der Waals surface area contributed by atoms with E-state index in [0.717, 1.165) is 24.1 Å². The van der Waals surface area contributed by atoms with Crippen molar-refractivity contribution in [3.8, 4) is 0 Å². The Bertz CT molecular complexity index is 2600. The number of allylic oxidation sites excluding steroid dienone is 4. The molecule has 7 aromatic rings. The molecule has 0 aliphatic carbocycles. The SMILES string of the molecule is C=C(C)c1ccc(C(C)C)cc1.CCC(C)C(=NC(=C(C)C)c1ccccc1)c1ccccc1.CCc1ccccc1/C(C)=C(\C)c1c(C)ccc2ccccc12.Cc1ccccc1. The van der Waals surface area contributed by atoms with Gasteiger partial charge in [-0.3, -0.25) is 4.99 Å². The average molecular weight is 844 g/mol. The normalized spacial score (nSPS) is 11.7. The van der Waals surface area contributed by atoms with Crippen LogP contribution in [0.5, 0.6) is 0 Å². The van der Waals surface area contributed by atoms with Gasteiger partial charge in [0.15, 0.2) is 0 Å². The first-order valence-electron chi connectivity index (χ1n) is 23.2. The van der Waals surface area contributed by atoms with Crippen molar-refractivity contribution in [1.82, 2.24) is 0 Å². The Balaban J connectivity index is 0.000000202. The highest BCUT2D eigenvalue weighted by atomic mass is 14.8. The summed E-state index contributed by atoms with van der Waals surface area (Å²) < 4.78 is 0. The van der Waals surface area contributed by atoms with Crippen molar-refractivity contribution < 1.29 is 0 Å². The molecule has 0 saturated heterocycles. The van der Waals surface area contributed by atoms with Gasteiger partial charge in [-0.05, 0) is 134 Å². The van der Waals surface area contributed by atoms with Crippen LogP contribution in [-0.2, 0) is 6.42 Å². The number of fused-ring (bicyclic) bond motifs is 1. The first kappa shape index (κ1) is 50.3. The van der Waals surface area contributed by atoms with Gasteiger partial charge in [0.2, 0.25) is 0 Å². The first-order chi connectivity index (χ1) is 30.8. The molecular weight excluding hydrogens is 771 g/mol. The van der Waals surface area contributed by atoms with Crippen molar-refractivity contribution in [1.29, 1.82) is 0 Å². The van der Waals surface area contributed by atoms with Gasteiger partial charge in [0.1, 0.15) is 0 Å². The monoisotopic (exact) mass is 844 g/mol. The van der Waals surface area contributed by atoms with Gasteiger partial charge in [-0.25, -0.2) is 0 Å².